The number of sulfonamides is 1. The molecule has 9 heteroatoms. The monoisotopic (exact) mass is 336 g/mol. The lowest BCUT2D eigenvalue weighted by Crippen LogP contribution is -2.27. The minimum Gasteiger partial charge on any atom is -0.486 e. The Balaban J connectivity index is 2.84. The minimum atomic E-state index is -3.62. The van der Waals surface area contributed by atoms with Gasteiger partial charge in [-0.25, -0.2) is 13.6 Å². The Hall–Kier alpha value is -1.38. The molecule has 0 bridgehead atoms. The molecule has 1 aromatic carbocycles. The summed E-state index contributed by atoms with van der Waals surface area (Å²) in [6, 6.07) is 3.96. The molecule has 0 aliphatic heterocycles. The van der Waals surface area contributed by atoms with Gasteiger partial charge in [0, 0.05) is 23.1 Å². The van der Waals surface area contributed by atoms with Crippen molar-refractivity contribution < 1.29 is 18.1 Å². The van der Waals surface area contributed by atoms with E-state index in [0.29, 0.717) is 11.4 Å². The molecule has 1 atom stereocenters. The van der Waals surface area contributed by atoms with Crippen LogP contribution in [0.2, 0.25) is 5.02 Å². The number of hydrogen-bond acceptors (Lipinski definition) is 5. The molecule has 0 spiro atoms. The maximum absolute atomic E-state index is 11.1. The number of nitrogens with two attached hydrogens (primary N) is 1. The Morgan fingerprint density at radius 1 is 1.48 bits per heavy atom. The van der Waals surface area contributed by atoms with Gasteiger partial charge in [-0.05, 0) is 12.5 Å². The second kappa shape index (κ2) is 7.58. The van der Waals surface area contributed by atoms with Crippen LogP contribution in [-0.4, -0.2) is 25.7 Å². The van der Waals surface area contributed by atoms with Crippen LogP contribution in [0.15, 0.2) is 18.2 Å². The third-order valence-corrected chi connectivity index (χ3v) is 3.93. The molecular weight excluding hydrogens is 320 g/mol. The fraction of sp³-hybridized carbons (Fsp3) is 0.500. The Labute approximate surface area is 128 Å². The van der Waals surface area contributed by atoms with Crippen LogP contribution in [0, 0.1) is 16.0 Å². The van der Waals surface area contributed by atoms with Gasteiger partial charge in [-0.2, -0.15) is 0 Å². The molecule has 0 fully saturated rings. The van der Waals surface area contributed by atoms with Crippen LogP contribution in [0.4, 0.5) is 5.69 Å². The van der Waals surface area contributed by atoms with Crippen molar-refractivity contribution in [2.45, 2.75) is 19.8 Å². The van der Waals surface area contributed by atoms with Gasteiger partial charge in [0.05, 0.1) is 17.3 Å². The van der Waals surface area contributed by atoms with E-state index >= 15 is 0 Å². The molecule has 1 aromatic rings. The third kappa shape index (κ3) is 6.28. The van der Waals surface area contributed by atoms with E-state index in [9.17, 15) is 18.5 Å². The molecule has 118 valence electrons. The molecule has 7 nitrogen and oxygen atoms in total. The highest BCUT2D eigenvalue weighted by Crippen LogP contribution is 2.30. The number of nitrogens with zero attached hydrogens (tertiary/aromatic N) is 1. The number of rotatable bonds is 8. The Morgan fingerprint density at radius 3 is 2.67 bits per heavy atom. The average molecular weight is 337 g/mol. The van der Waals surface area contributed by atoms with Crippen molar-refractivity contribution in [3.63, 3.8) is 0 Å². The van der Waals surface area contributed by atoms with E-state index in [4.69, 9.17) is 21.5 Å². The molecule has 0 aliphatic rings. The van der Waals surface area contributed by atoms with Crippen molar-refractivity contribution in [3.05, 3.63) is 33.3 Å². The quantitative estimate of drug-likeness (QED) is 0.578. The largest absolute Gasteiger partial charge is 0.486 e. The second-order valence-electron chi connectivity index (χ2n) is 4.66. The van der Waals surface area contributed by atoms with E-state index in [1.165, 1.54) is 18.2 Å². The van der Waals surface area contributed by atoms with Crippen LogP contribution < -0.4 is 9.88 Å². The molecule has 0 heterocycles. The van der Waals surface area contributed by atoms with Crippen LogP contribution in [-0.2, 0) is 10.0 Å². The zero-order valence-electron chi connectivity index (χ0n) is 11.5. The third-order valence-electron chi connectivity index (χ3n) is 2.76. The van der Waals surface area contributed by atoms with Crippen molar-refractivity contribution in [2.75, 3.05) is 12.4 Å². The lowest BCUT2D eigenvalue weighted by Gasteiger charge is -2.16. The van der Waals surface area contributed by atoms with Gasteiger partial charge in [0.15, 0.2) is 5.75 Å². The van der Waals surface area contributed by atoms with Gasteiger partial charge >= 0.3 is 5.69 Å². The van der Waals surface area contributed by atoms with Crippen LogP contribution in [0.5, 0.6) is 5.75 Å². The Morgan fingerprint density at radius 2 is 2.14 bits per heavy atom. The highest BCUT2D eigenvalue weighted by Gasteiger charge is 2.20. The fourth-order valence-corrected chi connectivity index (χ4v) is 3.00. The summed E-state index contributed by atoms with van der Waals surface area (Å²) in [4.78, 5) is 10.3. The minimum absolute atomic E-state index is 0.0167. The first-order valence-corrected chi connectivity index (χ1v) is 8.39. The SMILES string of the molecule is CCCC(COc1cc(Cl)ccc1[N+](=O)[O-])CS(N)(=O)=O. The molecule has 1 unspecified atom stereocenters. The molecule has 2 N–H and O–H groups in total. The molecule has 1 rings (SSSR count). The summed E-state index contributed by atoms with van der Waals surface area (Å²) in [7, 11) is -3.62. The van der Waals surface area contributed by atoms with Gasteiger partial charge in [0.25, 0.3) is 0 Å². The van der Waals surface area contributed by atoms with Gasteiger partial charge in [0.2, 0.25) is 10.0 Å². The molecular formula is C12H17ClN2O5S. The van der Waals surface area contributed by atoms with E-state index in [-0.39, 0.29) is 29.7 Å². The number of benzene rings is 1. The first kappa shape index (κ1) is 17.7. The number of nitro groups is 1. The summed E-state index contributed by atoms with van der Waals surface area (Å²) >= 11 is 5.79. The van der Waals surface area contributed by atoms with Gasteiger partial charge in [-0.1, -0.05) is 24.9 Å². The Kier molecular flexibility index (Phi) is 6.38. The fourth-order valence-electron chi connectivity index (χ4n) is 1.91. The average Bonchev–Trinajstić information content (AvgIpc) is 2.34. The van der Waals surface area contributed by atoms with Gasteiger partial charge in [-0.15, -0.1) is 0 Å². The smallest absolute Gasteiger partial charge is 0.311 e. The second-order valence-corrected chi connectivity index (χ2v) is 6.76. The molecule has 0 saturated heterocycles. The van der Waals surface area contributed by atoms with Crippen molar-refractivity contribution >= 4 is 27.3 Å². The summed E-state index contributed by atoms with van der Waals surface area (Å²) in [5.41, 5.74) is -0.217. The maximum atomic E-state index is 11.1. The number of primary sulfonamides is 1. The van der Waals surface area contributed by atoms with Crippen LogP contribution in [0.3, 0.4) is 0 Å². The van der Waals surface area contributed by atoms with Gasteiger partial charge in [-0.3, -0.25) is 10.1 Å². The molecule has 0 aliphatic carbocycles. The van der Waals surface area contributed by atoms with E-state index in [1.54, 1.807) is 0 Å². The predicted octanol–water partition coefficient (Wildman–Crippen LogP) is 2.33. The van der Waals surface area contributed by atoms with Crippen molar-refractivity contribution in [1.29, 1.82) is 0 Å². The van der Waals surface area contributed by atoms with Crippen LogP contribution in [0.25, 0.3) is 0 Å². The molecule has 0 aromatic heterocycles. The summed E-state index contributed by atoms with van der Waals surface area (Å²) in [6.45, 7) is 1.92. The standard InChI is InChI=1S/C12H17ClN2O5S/c1-2-3-9(8-21(14,18)19)7-20-12-6-10(13)4-5-11(12)15(16)17/h4-6,9H,2-3,7-8H2,1H3,(H2,14,18,19). The van der Waals surface area contributed by atoms with E-state index < -0.39 is 14.9 Å². The number of nitro benzene ring substituents is 1. The normalized spacial score (nSPS) is 12.9. The molecule has 0 saturated carbocycles. The van der Waals surface area contributed by atoms with Crippen molar-refractivity contribution in [1.82, 2.24) is 0 Å². The highest BCUT2D eigenvalue weighted by atomic mass is 35.5. The first-order valence-electron chi connectivity index (χ1n) is 6.30. The summed E-state index contributed by atoms with van der Waals surface area (Å²) in [6.07, 6.45) is 1.34. The number of hydrogen-bond donors (Lipinski definition) is 1. The lowest BCUT2D eigenvalue weighted by molar-refractivity contribution is -0.385. The van der Waals surface area contributed by atoms with Gasteiger partial charge < -0.3 is 4.74 Å². The predicted molar refractivity (Wildman–Crippen MR) is 80.0 cm³/mol. The molecule has 0 radical (unpaired) electrons. The number of ether oxygens (including phenoxy) is 1. The summed E-state index contributed by atoms with van der Waals surface area (Å²) < 4.78 is 27.7. The zero-order chi connectivity index (χ0) is 16.0. The first-order chi connectivity index (χ1) is 9.73. The Bertz CT molecular complexity index is 606. The van der Waals surface area contributed by atoms with E-state index in [1.807, 2.05) is 6.92 Å². The van der Waals surface area contributed by atoms with E-state index in [0.717, 1.165) is 6.42 Å². The summed E-state index contributed by atoms with van der Waals surface area (Å²) in [5, 5.41) is 16.2. The lowest BCUT2D eigenvalue weighted by atomic mass is 10.1. The maximum Gasteiger partial charge on any atom is 0.311 e. The zero-order valence-corrected chi connectivity index (χ0v) is 13.1. The highest BCUT2D eigenvalue weighted by molar-refractivity contribution is 7.89. The van der Waals surface area contributed by atoms with Crippen molar-refractivity contribution in [3.8, 4) is 5.75 Å². The summed E-state index contributed by atoms with van der Waals surface area (Å²) in [5.74, 6) is -0.540. The van der Waals surface area contributed by atoms with Crippen LogP contribution in [0.1, 0.15) is 19.8 Å². The van der Waals surface area contributed by atoms with Crippen molar-refractivity contribution in [2.24, 2.45) is 11.1 Å². The topological polar surface area (TPSA) is 113 Å². The molecule has 0 amide bonds. The van der Waals surface area contributed by atoms with Gasteiger partial charge in [0.1, 0.15) is 0 Å². The number of halogens is 1. The molecule has 21 heavy (non-hydrogen) atoms. The van der Waals surface area contributed by atoms with Crippen LogP contribution >= 0.6 is 11.6 Å². The van der Waals surface area contributed by atoms with E-state index in [2.05, 4.69) is 0 Å².